The van der Waals surface area contributed by atoms with Crippen LogP contribution in [0.2, 0.25) is 0 Å². The molecule has 88 valence electrons. The zero-order chi connectivity index (χ0) is 12.4. The number of hydrogen-bond acceptors (Lipinski definition) is 6. The van der Waals surface area contributed by atoms with E-state index in [1.807, 2.05) is 12.1 Å². The van der Waals surface area contributed by atoms with Crippen LogP contribution in [0.4, 0.5) is 5.69 Å². The molecule has 0 aliphatic rings. The molecule has 0 aliphatic carbocycles. The molecule has 0 radical (unpaired) electrons. The summed E-state index contributed by atoms with van der Waals surface area (Å²) in [6.07, 6.45) is 3.29. The summed E-state index contributed by atoms with van der Waals surface area (Å²) < 4.78 is 5.14. The highest BCUT2D eigenvalue weighted by Gasteiger charge is 2.14. The van der Waals surface area contributed by atoms with E-state index in [2.05, 4.69) is 20.1 Å². The number of pyridine rings is 2. The fourth-order valence-electron chi connectivity index (χ4n) is 1.52. The molecular formula is C12H9N5O. The number of aromatic nitrogens is 4. The van der Waals surface area contributed by atoms with Gasteiger partial charge in [0.25, 0.3) is 5.89 Å². The molecule has 0 aliphatic heterocycles. The fraction of sp³-hybridized carbons (Fsp3) is 0. The van der Waals surface area contributed by atoms with Crippen LogP contribution in [0.5, 0.6) is 0 Å². The molecular weight excluding hydrogens is 230 g/mol. The van der Waals surface area contributed by atoms with Gasteiger partial charge in [0.2, 0.25) is 5.82 Å². The van der Waals surface area contributed by atoms with Crippen LogP contribution in [0.1, 0.15) is 0 Å². The zero-order valence-corrected chi connectivity index (χ0v) is 9.32. The van der Waals surface area contributed by atoms with Crippen LogP contribution >= 0.6 is 0 Å². The molecule has 18 heavy (non-hydrogen) atoms. The van der Waals surface area contributed by atoms with Crippen molar-refractivity contribution in [3.63, 3.8) is 0 Å². The maximum atomic E-state index is 5.79. The van der Waals surface area contributed by atoms with Crippen LogP contribution in [0.15, 0.2) is 47.2 Å². The zero-order valence-electron chi connectivity index (χ0n) is 9.32. The van der Waals surface area contributed by atoms with Gasteiger partial charge in [0.05, 0.1) is 5.69 Å². The summed E-state index contributed by atoms with van der Waals surface area (Å²) in [6.45, 7) is 0. The Morgan fingerprint density at radius 1 is 1.00 bits per heavy atom. The SMILES string of the molecule is Nc1cccnc1-c1nc(-c2ccccn2)no1. The molecule has 0 aromatic carbocycles. The van der Waals surface area contributed by atoms with Gasteiger partial charge in [-0.25, -0.2) is 4.98 Å². The lowest BCUT2D eigenvalue weighted by Gasteiger charge is -1.96. The molecule has 0 spiro atoms. The summed E-state index contributed by atoms with van der Waals surface area (Å²) >= 11 is 0. The van der Waals surface area contributed by atoms with Crippen LogP contribution < -0.4 is 5.73 Å². The number of nitrogens with zero attached hydrogens (tertiary/aromatic N) is 4. The maximum absolute atomic E-state index is 5.79. The van der Waals surface area contributed by atoms with E-state index in [9.17, 15) is 0 Å². The highest BCUT2D eigenvalue weighted by Crippen LogP contribution is 2.23. The highest BCUT2D eigenvalue weighted by molar-refractivity contribution is 5.66. The average molecular weight is 239 g/mol. The molecule has 0 bridgehead atoms. The molecule has 3 aromatic heterocycles. The molecule has 2 N–H and O–H groups in total. The van der Waals surface area contributed by atoms with Crippen LogP contribution in [0, 0.1) is 0 Å². The highest BCUT2D eigenvalue weighted by atomic mass is 16.5. The summed E-state index contributed by atoms with van der Waals surface area (Å²) in [5.74, 6) is 0.699. The van der Waals surface area contributed by atoms with Gasteiger partial charge in [-0.1, -0.05) is 11.2 Å². The van der Waals surface area contributed by atoms with Gasteiger partial charge in [0.1, 0.15) is 5.69 Å². The van der Waals surface area contributed by atoms with Crippen molar-refractivity contribution < 1.29 is 4.52 Å². The molecule has 0 atom stereocenters. The lowest BCUT2D eigenvalue weighted by molar-refractivity contribution is 0.431. The van der Waals surface area contributed by atoms with Crippen molar-refractivity contribution in [3.05, 3.63) is 42.7 Å². The Hall–Kier alpha value is -2.76. The van der Waals surface area contributed by atoms with Crippen LogP contribution in [0.25, 0.3) is 23.1 Å². The van der Waals surface area contributed by atoms with E-state index in [0.717, 1.165) is 0 Å². The van der Waals surface area contributed by atoms with Gasteiger partial charge < -0.3 is 10.3 Å². The summed E-state index contributed by atoms with van der Waals surface area (Å²) in [5, 5.41) is 3.86. The quantitative estimate of drug-likeness (QED) is 0.732. The largest absolute Gasteiger partial charge is 0.397 e. The van der Waals surface area contributed by atoms with E-state index in [4.69, 9.17) is 10.3 Å². The third kappa shape index (κ3) is 1.80. The minimum atomic E-state index is 0.286. The molecule has 0 fully saturated rings. The Labute approximate surface area is 103 Å². The Bertz CT molecular complexity index is 665. The van der Waals surface area contributed by atoms with Gasteiger partial charge in [-0.05, 0) is 24.3 Å². The Kier molecular flexibility index (Phi) is 2.45. The first kappa shape index (κ1) is 10.4. The topological polar surface area (TPSA) is 90.7 Å². The minimum absolute atomic E-state index is 0.286. The molecule has 0 unspecified atom stereocenters. The van der Waals surface area contributed by atoms with Gasteiger partial charge in [0, 0.05) is 12.4 Å². The third-order valence-electron chi connectivity index (χ3n) is 2.36. The van der Waals surface area contributed by atoms with E-state index in [0.29, 0.717) is 22.9 Å². The minimum Gasteiger partial charge on any atom is -0.397 e. The maximum Gasteiger partial charge on any atom is 0.279 e. The third-order valence-corrected chi connectivity index (χ3v) is 2.36. The first-order valence-electron chi connectivity index (χ1n) is 5.30. The summed E-state index contributed by atoms with van der Waals surface area (Å²) in [7, 11) is 0. The molecule has 6 nitrogen and oxygen atoms in total. The second-order valence-electron chi connectivity index (χ2n) is 3.58. The molecule has 6 heteroatoms. The molecule has 0 saturated carbocycles. The van der Waals surface area contributed by atoms with E-state index in [1.54, 1.807) is 30.6 Å². The lowest BCUT2D eigenvalue weighted by Crippen LogP contribution is -1.92. The Morgan fingerprint density at radius 2 is 1.89 bits per heavy atom. The van der Waals surface area contributed by atoms with Crippen molar-refractivity contribution in [1.29, 1.82) is 0 Å². The van der Waals surface area contributed by atoms with Crippen molar-refractivity contribution in [3.8, 4) is 23.1 Å². The number of nitrogen functional groups attached to an aromatic ring is 1. The number of hydrogen-bond donors (Lipinski definition) is 1. The standard InChI is InChI=1S/C12H9N5O/c13-8-4-3-7-15-10(8)12-16-11(17-18-12)9-5-1-2-6-14-9/h1-7H,13H2. The number of anilines is 1. The van der Waals surface area contributed by atoms with Crippen molar-refractivity contribution in [2.45, 2.75) is 0 Å². The van der Waals surface area contributed by atoms with Crippen molar-refractivity contribution in [2.75, 3.05) is 5.73 Å². The monoisotopic (exact) mass is 239 g/mol. The number of rotatable bonds is 2. The van der Waals surface area contributed by atoms with Gasteiger partial charge in [-0.15, -0.1) is 0 Å². The number of nitrogens with two attached hydrogens (primary N) is 1. The summed E-state index contributed by atoms with van der Waals surface area (Å²) in [5.41, 5.74) is 7.41. The normalized spacial score (nSPS) is 10.4. The van der Waals surface area contributed by atoms with Crippen molar-refractivity contribution >= 4 is 5.69 Å². The van der Waals surface area contributed by atoms with Crippen LogP contribution in [-0.4, -0.2) is 20.1 Å². The van der Waals surface area contributed by atoms with Gasteiger partial charge >= 0.3 is 0 Å². The second kappa shape index (κ2) is 4.25. The van der Waals surface area contributed by atoms with E-state index >= 15 is 0 Å². The van der Waals surface area contributed by atoms with Crippen LogP contribution in [-0.2, 0) is 0 Å². The summed E-state index contributed by atoms with van der Waals surface area (Å²) in [4.78, 5) is 12.5. The molecule has 0 amide bonds. The van der Waals surface area contributed by atoms with Gasteiger partial charge in [-0.3, -0.25) is 4.98 Å². The molecule has 3 heterocycles. The van der Waals surface area contributed by atoms with Crippen LogP contribution in [0.3, 0.4) is 0 Å². The fourth-order valence-corrected chi connectivity index (χ4v) is 1.52. The molecule has 3 aromatic rings. The van der Waals surface area contributed by atoms with Crippen molar-refractivity contribution in [1.82, 2.24) is 20.1 Å². The lowest BCUT2D eigenvalue weighted by atomic mass is 10.3. The Balaban J connectivity index is 2.03. The Morgan fingerprint density at radius 3 is 2.67 bits per heavy atom. The smallest absolute Gasteiger partial charge is 0.279 e. The second-order valence-corrected chi connectivity index (χ2v) is 3.58. The summed E-state index contributed by atoms with van der Waals surface area (Å²) in [6, 6.07) is 8.95. The van der Waals surface area contributed by atoms with Gasteiger partial charge in [-0.2, -0.15) is 4.98 Å². The van der Waals surface area contributed by atoms with E-state index < -0.39 is 0 Å². The average Bonchev–Trinajstić information content (AvgIpc) is 2.90. The first-order valence-corrected chi connectivity index (χ1v) is 5.30. The van der Waals surface area contributed by atoms with Gasteiger partial charge in [0.15, 0.2) is 5.69 Å². The first-order chi connectivity index (χ1) is 8.84. The molecule has 0 saturated heterocycles. The van der Waals surface area contributed by atoms with Crippen molar-refractivity contribution in [2.24, 2.45) is 0 Å². The predicted molar refractivity (Wildman–Crippen MR) is 65.2 cm³/mol. The van der Waals surface area contributed by atoms with E-state index in [1.165, 1.54) is 0 Å². The molecule has 3 rings (SSSR count). The predicted octanol–water partition coefficient (Wildman–Crippen LogP) is 1.78. The van der Waals surface area contributed by atoms with E-state index in [-0.39, 0.29) is 5.89 Å².